The van der Waals surface area contributed by atoms with Crippen LogP contribution in [0.1, 0.15) is 51.5 Å². The number of carbonyl (C=O) groups is 1. The fraction of sp³-hybridized carbons (Fsp3) is 0.375. The molecule has 1 saturated heterocycles. The maximum absolute atomic E-state index is 15.7. The number of aryl methyl sites for hydroxylation is 2. The minimum absolute atomic E-state index is 0.0377. The van der Waals surface area contributed by atoms with Crippen molar-refractivity contribution >= 4 is 11.6 Å². The van der Waals surface area contributed by atoms with Gasteiger partial charge < -0.3 is 14.2 Å². The molecule has 1 atom stereocenters. The quantitative estimate of drug-likeness (QED) is 0.510. The van der Waals surface area contributed by atoms with Crippen LogP contribution in [0.3, 0.4) is 0 Å². The number of ether oxygens (including phenoxy) is 1. The number of aromatic nitrogens is 3. The highest BCUT2D eigenvalue weighted by molar-refractivity contribution is 6.10. The van der Waals surface area contributed by atoms with Crippen molar-refractivity contribution in [3.05, 3.63) is 76.4 Å². The third kappa shape index (κ3) is 3.39. The Kier molecular flexibility index (Phi) is 5.23. The first-order valence-corrected chi connectivity index (χ1v) is 10.9. The molecule has 0 saturated carbocycles. The van der Waals surface area contributed by atoms with Gasteiger partial charge in [0, 0.05) is 18.3 Å². The van der Waals surface area contributed by atoms with E-state index >= 15 is 4.39 Å². The van der Waals surface area contributed by atoms with E-state index in [-0.39, 0.29) is 36.7 Å². The number of nitrogens with zero attached hydrogens (tertiary/aromatic N) is 4. The summed E-state index contributed by atoms with van der Waals surface area (Å²) < 4.78 is 63.8. The van der Waals surface area contributed by atoms with Crippen molar-refractivity contribution in [1.82, 2.24) is 14.8 Å². The van der Waals surface area contributed by atoms with Crippen molar-refractivity contribution < 1.29 is 27.1 Å². The molecule has 6 nitrogen and oxygen atoms in total. The number of halogens is 4. The van der Waals surface area contributed by atoms with Crippen molar-refractivity contribution in [3.8, 4) is 0 Å². The smallest absolute Gasteiger partial charge is 0.379 e. The van der Waals surface area contributed by atoms with Crippen LogP contribution in [0.4, 0.5) is 23.2 Å². The van der Waals surface area contributed by atoms with Gasteiger partial charge in [-0.3, -0.25) is 4.79 Å². The van der Waals surface area contributed by atoms with E-state index in [0.29, 0.717) is 23.2 Å². The topological polar surface area (TPSA) is 60.3 Å². The van der Waals surface area contributed by atoms with Crippen LogP contribution >= 0.6 is 0 Å². The molecule has 5 rings (SSSR count). The van der Waals surface area contributed by atoms with Crippen LogP contribution in [0.2, 0.25) is 0 Å². The Morgan fingerprint density at radius 1 is 1.21 bits per heavy atom. The van der Waals surface area contributed by atoms with Gasteiger partial charge in [0.1, 0.15) is 6.33 Å². The Hall–Kier alpha value is -3.27. The molecule has 0 N–H and O–H groups in total. The molecular weight excluding hydrogens is 452 g/mol. The zero-order valence-corrected chi connectivity index (χ0v) is 18.6. The monoisotopic (exact) mass is 474 g/mol. The zero-order chi connectivity index (χ0) is 24.3. The molecule has 0 radical (unpaired) electrons. The van der Waals surface area contributed by atoms with Gasteiger partial charge in [-0.1, -0.05) is 19.1 Å². The molecule has 2 aliphatic heterocycles. The SMILES string of the molecule is CCc1cc2c(c(C(F)(F)F)c1)CN(c1cccc(C3([C@@H](F)c4nncn4C)COC3)c1)C2=O. The van der Waals surface area contributed by atoms with Gasteiger partial charge in [-0.15, -0.1) is 10.2 Å². The Labute approximate surface area is 193 Å². The minimum atomic E-state index is -4.57. The minimum Gasteiger partial charge on any atom is -0.379 e. The molecule has 34 heavy (non-hydrogen) atoms. The average molecular weight is 474 g/mol. The number of carbonyl (C=O) groups excluding carboxylic acids is 1. The van der Waals surface area contributed by atoms with E-state index in [0.717, 1.165) is 6.07 Å². The molecule has 3 aromatic rings. The van der Waals surface area contributed by atoms with E-state index in [4.69, 9.17) is 4.74 Å². The predicted molar refractivity (Wildman–Crippen MR) is 115 cm³/mol. The number of alkyl halides is 4. The Morgan fingerprint density at radius 2 is 1.97 bits per heavy atom. The van der Waals surface area contributed by atoms with Gasteiger partial charge >= 0.3 is 6.18 Å². The maximum atomic E-state index is 15.7. The van der Waals surface area contributed by atoms with Crippen LogP contribution < -0.4 is 4.90 Å². The first-order chi connectivity index (χ1) is 16.2. The average Bonchev–Trinajstić information content (AvgIpc) is 3.35. The third-order valence-electron chi connectivity index (χ3n) is 6.73. The van der Waals surface area contributed by atoms with Gasteiger partial charge in [0.05, 0.1) is 30.7 Å². The molecule has 0 unspecified atom stereocenters. The lowest BCUT2D eigenvalue weighted by Crippen LogP contribution is -2.50. The van der Waals surface area contributed by atoms with Crippen molar-refractivity contribution in [2.45, 2.75) is 37.7 Å². The molecule has 0 bridgehead atoms. The van der Waals surface area contributed by atoms with Crippen molar-refractivity contribution in [3.63, 3.8) is 0 Å². The Bertz CT molecular complexity index is 1270. The Morgan fingerprint density at radius 3 is 2.56 bits per heavy atom. The van der Waals surface area contributed by atoms with Crippen molar-refractivity contribution in [2.24, 2.45) is 7.05 Å². The highest BCUT2D eigenvalue weighted by atomic mass is 19.4. The number of hydrogen-bond donors (Lipinski definition) is 0. The van der Waals surface area contributed by atoms with Crippen molar-refractivity contribution in [1.29, 1.82) is 0 Å². The lowest BCUT2D eigenvalue weighted by atomic mass is 9.74. The predicted octanol–water partition coefficient (Wildman–Crippen LogP) is 4.54. The molecule has 178 valence electrons. The molecule has 3 heterocycles. The van der Waals surface area contributed by atoms with E-state index in [1.54, 1.807) is 38.2 Å². The molecule has 2 aromatic carbocycles. The Balaban J connectivity index is 1.53. The van der Waals surface area contributed by atoms with E-state index in [9.17, 15) is 18.0 Å². The van der Waals surface area contributed by atoms with E-state index in [1.807, 2.05) is 0 Å². The summed E-state index contributed by atoms with van der Waals surface area (Å²) in [7, 11) is 1.65. The van der Waals surface area contributed by atoms with Crippen LogP contribution in [0.25, 0.3) is 0 Å². The summed E-state index contributed by atoms with van der Waals surface area (Å²) in [6.07, 6.45) is -4.30. The first kappa shape index (κ1) is 22.5. The maximum Gasteiger partial charge on any atom is 0.416 e. The molecular formula is C24H22F4N4O2. The van der Waals surface area contributed by atoms with Gasteiger partial charge in [-0.05, 0) is 47.4 Å². The number of benzene rings is 2. The van der Waals surface area contributed by atoms with E-state index in [1.165, 1.54) is 21.9 Å². The van der Waals surface area contributed by atoms with Crippen LogP contribution in [0.15, 0.2) is 42.7 Å². The first-order valence-electron chi connectivity index (χ1n) is 10.9. The second-order valence-corrected chi connectivity index (χ2v) is 8.77. The summed E-state index contributed by atoms with van der Waals surface area (Å²) in [4.78, 5) is 14.5. The lowest BCUT2D eigenvalue weighted by Gasteiger charge is -2.43. The molecule has 1 aromatic heterocycles. The molecule has 1 fully saturated rings. The fourth-order valence-corrected chi connectivity index (χ4v) is 4.67. The number of anilines is 1. The van der Waals surface area contributed by atoms with Gasteiger partial charge in [-0.25, -0.2) is 4.39 Å². The normalized spacial score (nSPS) is 18.1. The van der Waals surface area contributed by atoms with Crippen LogP contribution in [-0.4, -0.2) is 33.9 Å². The van der Waals surface area contributed by atoms with Gasteiger partial charge in [0.25, 0.3) is 5.91 Å². The molecule has 0 aliphatic carbocycles. The van der Waals surface area contributed by atoms with Crippen LogP contribution in [0, 0.1) is 0 Å². The lowest BCUT2D eigenvalue weighted by molar-refractivity contribution is -0.138. The highest BCUT2D eigenvalue weighted by Crippen LogP contribution is 2.46. The van der Waals surface area contributed by atoms with Crippen LogP contribution in [-0.2, 0) is 36.3 Å². The van der Waals surface area contributed by atoms with Gasteiger partial charge in [0.2, 0.25) is 0 Å². The molecule has 0 spiro atoms. The zero-order valence-electron chi connectivity index (χ0n) is 18.6. The number of fused-ring (bicyclic) bond motifs is 1. The summed E-state index contributed by atoms with van der Waals surface area (Å²) in [6, 6.07) is 9.35. The summed E-state index contributed by atoms with van der Waals surface area (Å²) in [6.45, 7) is 1.75. The fourth-order valence-electron chi connectivity index (χ4n) is 4.67. The number of amides is 1. The van der Waals surface area contributed by atoms with Crippen LogP contribution in [0.5, 0.6) is 0 Å². The summed E-state index contributed by atoms with van der Waals surface area (Å²) in [5.74, 6) is -0.350. The third-order valence-corrected chi connectivity index (χ3v) is 6.73. The van der Waals surface area contributed by atoms with Gasteiger partial charge in [0.15, 0.2) is 12.0 Å². The van der Waals surface area contributed by atoms with Gasteiger partial charge in [-0.2, -0.15) is 13.2 Å². The molecule has 1 amide bonds. The summed E-state index contributed by atoms with van der Waals surface area (Å²) in [5.41, 5.74) is -0.361. The number of rotatable bonds is 5. The molecule has 2 aliphatic rings. The second-order valence-electron chi connectivity index (χ2n) is 8.77. The largest absolute Gasteiger partial charge is 0.416 e. The highest BCUT2D eigenvalue weighted by Gasteiger charge is 2.51. The van der Waals surface area contributed by atoms with Crippen molar-refractivity contribution in [2.75, 3.05) is 18.1 Å². The second kappa shape index (κ2) is 7.90. The van der Waals surface area contributed by atoms with E-state index in [2.05, 4.69) is 10.2 Å². The summed E-state index contributed by atoms with van der Waals surface area (Å²) >= 11 is 0. The number of hydrogen-bond acceptors (Lipinski definition) is 4. The van der Waals surface area contributed by atoms with E-state index < -0.39 is 29.2 Å². The molecule has 10 heteroatoms. The summed E-state index contributed by atoms with van der Waals surface area (Å²) in [5, 5.41) is 7.64. The standard InChI is InChI=1S/C24H22F4N4O2/c1-3-14-7-17-18(19(8-14)24(26,27)28)10-32(22(17)33)16-6-4-5-15(9-16)23(11-34-12-23)20(25)21-30-29-13-31(21)2/h4-9,13,20H,3,10-12H2,1-2H3/t20-/m0/s1.